The van der Waals surface area contributed by atoms with E-state index in [-0.39, 0.29) is 18.5 Å². The Kier molecular flexibility index (Phi) is 9.35. The number of anilines is 1. The predicted molar refractivity (Wildman–Crippen MR) is 143 cm³/mol. The molecule has 3 rings (SSSR count). The zero-order chi connectivity index (χ0) is 25.6. The van der Waals surface area contributed by atoms with Gasteiger partial charge in [-0.2, -0.15) is 0 Å². The third-order valence-corrected chi connectivity index (χ3v) is 8.12. The fraction of sp³-hybridized carbons (Fsp3) is 0.462. The summed E-state index contributed by atoms with van der Waals surface area (Å²) in [6.45, 7) is 3.65. The Bertz CT molecular complexity index is 1150. The van der Waals surface area contributed by atoms with E-state index in [0.29, 0.717) is 16.6 Å². The van der Waals surface area contributed by atoms with E-state index in [0.717, 1.165) is 47.4 Å². The summed E-state index contributed by atoms with van der Waals surface area (Å²) in [4.78, 5) is 28.6. The number of nitrogens with one attached hydrogen (secondary N) is 1. The minimum absolute atomic E-state index is 0.125. The molecular weight excluding hydrogens is 530 g/mol. The van der Waals surface area contributed by atoms with Gasteiger partial charge in [-0.1, -0.05) is 61.7 Å². The molecule has 0 heterocycles. The van der Waals surface area contributed by atoms with Crippen LogP contribution in [0.1, 0.15) is 50.2 Å². The molecule has 1 N–H and O–H groups in total. The number of para-hydroxylation sites is 1. The van der Waals surface area contributed by atoms with Crippen molar-refractivity contribution in [1.82, 2.24) is 10.2 Å². The van der Waals surface area contributed by atoms with Crippen LogP contribution in [0.2, 0.25) is 0 Å². The van der Waals surface area contributed by atoms with Crippen molar-refractivity contribution in [2.45, 2.75) is 64.6 Å². The van der Waals surface area contributed by atoms with Crippen LogP contribution >= 0.6 is 15.9 Å². The van der Waals surface area contributed by atoms with Crippen molar-refractivity contribution in [1.29, 1.82) is 0 Å². The summed E-state index contributed by atoms with van der Waals surface area (Å²) in [5.41, 5.74) is 2.31. The fourth-order valence-electron chi connectivity index (χ4n) is 4.54. The molecule has 190 valence electrons. The molecule has 2 aromatic rings. The van der Waals surface area contributed by atoms with Crippen molar-refractivity contribution < 1.29 is 18.0 Å². The van der Waals surface area contributed by atoms with Crippen molar-refractivity contribution in [3.05, 3.63) is 64.1 Å². The first-order chi connectivity index (χ1) is 16.6. The van der Waals surface area contributed by atoms with E-state index in [2.05, 4.69) is 21.2 Å². The minimum Gasteiger partial charge on any atom is -0.352 e. The average molecular weight is 565 g/mol. The lowest BCUT2D eigenvalue weighted by atomic mass is 10.1. The summed E-state index contributed by atoms with van der Waals surface area (Å²) in [7, 11) is -3.76. The van der Waals surface area contributed by atoms with Gasteiger partial charge in [-0.3, -0.25) is 13.9 Å². The van der Waals surface area contributed by atoms with E-state index < -0.39 is 28.5 Å². The molecule has 1 aliphatic rings. The smallest absolute Gasteiger partial charge is 0.244 e. The molecule has 7 nitrogen and oxygen atoms in total. The molecule has 0 unspecified atom stereocenters. The molecule has 35 heavy (non-hydrogen) atoms. The van der Waals surface area contributed by atoms with Gasteiger partial charge in [0.2, 0.25) is 21.8 Å². The van der Waals surface area contributed by atoms with Crippen LogP contribution in [0.15, 0.2) is 53.0 Å². The first kappa shape index (κ1) is 27.2. The van der Waals surface area contributed by atoms with Crippen LogP contribution in [0.5, 0.6) is 0 Å². The number of carbonyl (C=O) groups excluding carboxylic acids is 2. The standard InChI is InChI=1S/C26H34BrN3O4S/c1-4-23(26(32)28-21-12-5-6-13-21)29(17-20-11-9-10-19(2)16-20)25(31)18-30(35(3,33)34)24-15-8-7-14-22(24)27/h7-11,14-16,21,23H,4-6,12-13,17-18H2,1-3H3,(H,28,32)/t23-/m0/s1. The number of carbonyl (C=O) groups is 2. The van der Waals surface area contributed by atoms with Gasteiger partial charge in [-0.05, 0) is 59.8 Å². The van der Waals surface area contributed by atoms with Crippen LogP contribution in [-0.4, -0.2) is 50.0 Å². The number of hydrogen-bond acceptors (Lipinski definition) is 4. The van der Waals surface area contributed by atoms with E-state index in [1.54, 1.807) is 24.3 Å². The molecule has 0 bridgehead atoms. The van der Waals surface area contributed by atoms with Crippen molar-refractivity contribution in [2.24, 2.45) is 0 Å². The second-order valence-corrected chi connectivity index (χ2v) is 11.9. The van der Waals surface area contributed by atoms with Crippen molar-refractivity contribution in [3.8, 4) is 0 Å². The quantitative estimate of drug-likeness (QED) is 0.464. The van der Waals surface area contributed by atoms with Crippen LogP contribution in [-0.2, 0) is 26.2 Å². The van der Waals surface area contributed by atoms with E-state index >= 15 is 0 Å². The molecule has 9 heteroatoms. The Morgan fingerprint density at radius 1 is 1.11 bits per heavy atom. The van der Waals surface area contributed by atoms with Crippen LogP contribution in [0, 0.1) is 6.92 Å². The second-order valence-electron chi connectivity index (χ2n) is 9.15. The van der Waals surface area contributed by atoms with E-state index in [1.165, 1.54) is 4.90 Å². The second kappa shape index (κ2) is 12.0. The molecule has 1 atom stereocenters. The van der Waals surface area contributed by atoms with Crippen molar-refractivity contribution in [3.63, 3.8) is 0 Å². The van der Waals surface area contributed by atoms with Gasteiger partial charge >= 0.3 is 0 Å². The van der Waals surface area contributed by atoms with Gasteiger partial charge < -0.3 is 10.2 Å². The molecule has 1 saturated carbocycles. The fourth-order valence-corrected chi connectivity index (χ4v) is 6.02. The number of rotatable bonds is 10. The van der Waals surface area contributed by atoms with Gasteiger partial charge in [0.25, 0.3) is 0 Å². The van der Waals surface area contributed by atoms with Gasteiger partial charge in [0, 0.05) is 17.1 Å². The SMILES string of the molecule is CC[C@@H](C(=O)NC1CCCC1)N(Cc1cccc(C)c1)C(=O)CN(c1ccccc1Br)S(C)(=O)=O. The summed E-state index contributed by atoms with van der Waals surface area (Å²) >= 11 is 3.40. The van der Waals surface area contributed by atoms with E-state index in [1.807, 2.05) is 38.1 Å². The molecular formula is C26H34BrN3O4S. The number of benzene rings is 2. The van der Waals surface area contributed by atoms with Crippen molar-refractivity contribution >= 4 is 43.5 Å². The maximum Gasteiger partial charge on any atom is 0.244 e. The third-order valence-electron chi connectivity index (χ3n) is 6.32. The monoisotopic (exact) mass is 563 g/mol. The molecule has 2 aromatic carbocycles. The molecule has 1 aliphatic carbocycles. The number of aryl methyl sites for hydroxylation is 1. The lowest BCUT2D eigenvalue weighted by Crippen LogP contribution is -2.53. The number of hydrogen-bond donors (Lipinski definition) is 1. The van der Waals surface area contributed by atoms with Gasteiger partial charge in [-0.25, -0.2) is 8.42 Å². The van der Waals surface area contributed by atoms with E-state index in [4.69, 9.17) is 0 Å². The van der Waals surface area contributed by atoms with Crippen LogP contribution in [0.25, 0.3) is 0 Å². The lowest BCUT2D eigenvalue weighted by Gasteiger charge is -2.33. The Morgan fingerprint density at radius 3 is 2.40 bits per heavy atom. The third kappa shape index (κ3) is 7.30. The summed E-state index contributed by atoms with van der Waals surface area (Å²) in [6.07, 6.45) is 5.56. The van der Waals surface area contributed by atoms with Gasteiger partial charge in [-0.15, -0.1) is 0 Å². The minimum atomic E-state index is -3.76. The van der Waals surface area contributed by atoms with E-state index in [9.17, 15) is 18.0 Å². The number of sulfonamides is 1. The molecule has 1 fully saturated rings. The highest BCUT2D eigenvalue weighted by atomic mass is 79.9. The zero-order valence-corrected chi connectivity index (χ0v) is 22.9. The molecule has 0 saturated heterocycles. The predicted octanol–water partition coefficient (Wildman–Crippen LogP) is 4.39. The summed E-state index contributed by atoms with van der Waals surface area (Å²) in [6, 6.07) is 14.1. The van der Waals surface area contributed by atoms with Crippen LogP contribution < -0.4 is 9.62 Å². The normalized spacial score (nSPS) is 15.0. The first-order valence-electron chi connectivity index (χ1n) is 12.0. The number of nitrogens with zero attached hydrogens (tertiary/aromatic N) is 2. The Labute approximate surface area is 217 Å². The maximum absolute atomic E-state index is 13.7. The topological polar surface area (TPSA) is 86.8 Å². The first-order valence-corrected chi connectivity index (χ1v) is 14.6. The molecule has 0 aliphatic heterocycles. The number of amides is 2. The summed E-state index contributed by atoms with van der Waals surface area (Å²) < 4.78 is 27.1. The molecule has 0 aromatic heterocycles. The zero-order valence-electron chi connectivity index (χ0n) is 20.5. The summed E-state index contributed by atoms with van der Waals surface area (Å²) in [5.74, 6) is -0.617. The highest BCUT2D eigenvalue weighted by molar-refractivity contribution is 9.10. The Morgan fingerprint density at radius 2 is 1.80 bits per heavy atom. The van der Waals surface area contributed by atoms with Crippen LogP contribution in [0.3, 0.4) is 0 Å². The number of halogens is 1. The summed E-state index contributed by atoms with van der Waals surface area (Å²) in [5, 5.41) is 3.11. The van der Waals surface area contributed by atoms with Gasteiger partial charge in [0.15, 0.2) is 0 Å². The largest absolute Gasteiger partial charge is 0.352 e. The lowest BCUT2D eigenvalue weighted by molar-refractivity contribution is -0.140. The highest BCUT2D eigenvalue weighted by Gasteiger charge is 2.33. The van der Waals surface area contributed by atoms with Gasteiger partial charge in [0.05, 0.1) is 11.9 Å². The Balaban J connectivity index is 1.93. The average Bonchev–Trinajstić information content (AvgIpc) is 3.30. The molecule has 0 radical (unpaired) electrons. The van der Waals surface area contributed by atoms with Crippen molar-refractivity contribution in [2.75, 3.05) is 17.1 Å². The highest BCUT2D eigenvalue weighted by Crippen LogP contribution is 2.28. The Hall–Kier alpha value is -2.39. The maximum atomic E-state index is 13.7. The molecule has 0 spiro atoms. The van der Waals surface area contributed by atoms with Gasteiger partial charge in [0.1, 0.15) is 12.6 Å². The van der Waals surface area contributed by atoms with Crippen LogP contribution in [0.4, 0.5) is 5.69 Å². The molecule has 2 amide bonds.